The minimum atomic E-state index is -0.171. The number of nitriles is 1. The molecule has 0 bridgehead atoms. The zero-order chi connectivity index (χ0) is 16.9. The largest absolute Gasteiger partial charge is 0.465 e. The van der Waals surface area contributed by atoms with Crippen molar-refractivity contribution in [1.29, 1.82) is 5.26 Å². The maximum absolute atomic E-state index is 9.23. The van der Waals surface area contributed by atoms with Crippen LogP contribution in [0.2, 0.25) is 0 Å². The third-order valence-electron chi connectivity index (χ3n) is 3.53. The van der Waals surface area contributed by atoms with Gasteiger partial charge in [-0.2, -0.15) is 9.66 Å². The molecule has 1 aliphatic rings. The van der Waals surface area contributed by atoms with Gasteiger partial charge in [-0.15, -0.1) is 0 Å². The van der Waals surface area contributed by atoms with Crippen molar-refractivity contribution in [2.24, 2.45) is 4.40 Å². The molecule has 0 amide bonds. The van der Waals surface area contributed by atoms with E-state index in [0.717, 1.165) is 5.56 Å². The Labute approximate surface area is 142 Å². The molecule has 0 spiro atoms. The Morgan fingerprint density at radius 1 is 1.26 bits per heavy atom. The lowest BCUT2D eigenvalue weighted by molar-refractivity contribution is -0.0742. The van der Waals surface area contributed by atoms with Gasteiger partial charge in [0.2, 0.25) is 0 Å². The molecule has 2 rings (SSSR count). The van der Waals surface area contributed by atoms with Gasteiger partial charge >= 0.3 is 5.90 Å². The van der Waals surface area contributed by atoms with Crippen molar-refractivity contribution in [3.05, 3.63) is 35.9 Å². The average molecular weight is 333 g/mol. The summed E-state index contributed by atoms with van der Waals surface area (Å²) in [6.45, 7) is 10.0. The fourth-order valence-electron chi connectivity index (χ4n) is 2.59. The standard InChI is InChI=1S/C17H23N3O2S/c1-16(2)12-21-13-17(3,4)20(16)23-19-15(10-18)22-11-14-8-6-5-7-9-14/h5-9H,11-13H2,1-4H3. The van der Waals surface area contributed by atoms with Gasteiger partial charge in [0, 0.05) is 0 Å². The first kappa shape index (κ1) is 17.8. The van der Waals surface area contributed by atoms with Crippen molar-refractivity contribution in [2.75, 3.05) is 13.2 Å². The molecule has 1 aromatic rings. The molecule has 0 radical (unpaired) electrons. The van der Waals surface area contributed by atoms with Gasteiger partial charge in [-0.3, -0.25) is 0 Å². The van der Waals surface area contributed by atoms with Crippen molar-refractivity contribution in [2.45, 2.75) is 45.4 Å². The fourth-order valence-corrected chi connectivity index (χ4v) is 3.39. The highest BCUT2D eigenvalue weighted by molar-refractivity contribution is 7.96. The van der Waals surface area contributed by atoms with Crippen LogP contribution in [0.4, 0.5) is 0 Å². The maximum Gasteiger partial charge on any atom is 0.303 e. The summed E-state index contributed by atoms with van der Waals surface area (Å²) < 4.78 is 17.6. The van der Waals surface area contributed by atoms with E-state index in [-0.39, 0.29) is 17.0 Å². The van der Waals surface area contributed by atoms with Crippen molar-refractivity contribution in [3.8, 4) is 6.07 Å². The zero-order valence-corrected chi connectivity index (χ0v) is 14.9. The smallest absolute Gasteiger partial charge is 0.303 e. The molecule has 1 aliphatic heterocycles. The van der Waals surface area contributed by atoms with Crippen LogP contribution >= 0.6 is 12.1 Å². The summed E-state index contributed by atoms with van der Waals surface area (Å²) in [6.07, 6.45) is 0. The fraction of sp³-hybridized carbons (Fsp3) is 0.529. The first-order chi connectivity index (χ1) is 10.8. The molecule has 0 aromatic heterocycles. The highest BCUT2D eigenvalue weighted by Gasteiger charge is 2.43. The van der Waals surface area contributed by atoms with E-state index in [2.05, 4.69) is 36.4 Å². The molecule has 124 valence electrons. The second kappa shape index (κ2) is 7.35. The van der Waals surface area contributed by atoms with Crippen LogP contribution in [0.15, 0.2) is 34.7 Å². The molecule has 0 atom stereocenters. The molecule has 1 aromatic carbocycles. The molecule has 1 heterocycles. The Morgan fingerprint density at radius 3 is 2.43 bits per heavy atom. The first-order valence-electron chi connectivity index (χ1n) is 7.55. The van der Waals surface area contributed by atoms with Gasteiger partial charge in [-0.25, -0.2) is 4.31 Å². The molecule has 0 unspecified atom stereocenters. The Kier molecular flexibility index (Phi) is 5.69. The van der Waals surface area contributed by atoms with Crippen LogP contribution in [0.5, 0.6) is 0 Å². The van der Waals surface area contributed by atoms with E-state index < -0.39 is 0 Å². The molecule has 6 heteroatoms. The van der Waals surface area contributed by atoms with Gasteiger partial charge in [0.25, 0.3) is 0 Å². The van der Waals surface area contributed by atoms with Crippen molar-refractivity contribution in [1.82, 2.24) is 4.31 Å². The Hall–Kier alpha value is -1.55. The minimum Gasteiger partial charge on any atom is -0.465 e. The highest BCUT2D eigenvalue weighted by Crippen LogP contribution is 2.37. The number of hydrogen-bond acceptors (Lipinski definition) is 6. The number of nitrogens with zero attached hydrogens (tertiary/aromatic N) is 3. The summed E-state index contributed by atoms with van der Waals surface area (Å²) in [4.78, 5) is 0. The predicted octanol–water partition coefficient (Wildman–Crippen LogP) is 3.58. The van der Waals surface area contributed by atoms with Crippen LogP contribution in [0, 0.1) is 11.3 Å². The van der Waals surface area contributed by atoms with Crippen molar-refractivity contribution < 1.29 is 9.47 Å². The Balaban J connectivity index is 2.02. The number of rotatable bonds is 4. The Bertz CT molecular complexity index is 578. The van der Waals surface area contributed by atoms with Gasteiger partial charge in [0.15, 0.2) is 6.07 Å². The molecule has 23 heavy (non-hydrogen) atoms. The first-order valence-corrected chi connectivity index (χ1v) is 8.28. The number of ether oxygens (including phenoxy) is 2. The number of hydrogen-bond donors (Lipinski definition) is 0. The summed E-state index contributed by atoms with van der Waals surface area (Å²) in [6, 6.07) is 11.8. The quantitative estimate of drug-likeness (QED) is 0.479. The normalized spacial score (nSPS) is 20.7. The monoisotopic (exact) mass is 333 g/mol. The van der Waals surface area contributed by atoms with Gasteiger partial charge in [-0.05, 0) is 33.3 Å². The van der Waals surface area contributed by atoms with E-state index in [1.807, 2.05) is 36.4 Å². The SMILES string of the molecule is CC1(C)COCC(C)(C)N1SN=C(C#N)OCc1ccccc1. The van der Waals surface area contributed by atoms with Gasteiger partial charge < -0.3 is 9.47 Å². The van der Waals surface area contributed by atoms with E-state index in [9.17, 15) is 5.26 Å². The molecular formula is C17H23N3O2S. The number of benzene rings is 1. The third-order valence-corrected chi connectivity index (χ3v) is 4.93. The van der Waals surface area contributed by atoms with Crippen molar-refractivity contribution >= 4 is 18.0 Å². The van der Waals surface area contributed by atoms with Gasteiger partial charge in [-0.1, -0.05) is 30.3 Å². The summed E-state index contributed by atoms with van der Waals surface area (Å²) in [5, 5.41) is 9.23. The van der Waals surface area contributed by atoms with E-state index in [4.69, 9.17) is 9.47 Å². The molecule has 1 saturated heterocycles. The molecule has 0 saturated carbocycles. The summed E-state index contributed by atoms with van der Waals surface area (Å²) in [5.41, 5.74) is 0.665. The summed E-state index contributed by atoms with van der Waals surface area (Å²) in [7, 11) is 0. The second-order valence-corrected chi connectivity index (χ2v) is 7.49. The van der Waals surface area contributed by atoms with Crippen LogP contribution in [0.3, 0.4) is 0 Å². The van der Waals surface area contributed by atoms with Gasteiger partial charge in [0.05, 0.1) is 36.4 Å². The second-order valence-electron chi connectivity index (χ2n) is 6.78. The number of morpholine rings is 1. The third kappa shape index (κ3) is 4.71. The van der Waals surface area contributed by atoms with Gasteiger partial charge in [0.1, 0.15) is 6.61 Å². The van der Waals surface area contributed by atoms with E-state index in [0.29, 0.717) is 19.8 Å². The average Bonchev–Trinajstić information content (AvgIpc) is 2.49. The van der Waals surface area contributed by atoms with Crippen LogP contribution in [0.1, 0.15) is 33.3 Å². The zero-order valence-electron chi connectivity index (χ0n) is 14.1. The van der Waals surface area contributed by atoms with E-state index in [1.165, 1.54) is 12.1 Å². The molecule has 1 fully saturated rings. The molecule has 5 nitrogen and oxygen atoms in total. The maximum atomic E-state index is 9.23. The molecule has 0 N–H and O–H groups in total. The van der Waals surface area contributed by atoms with E-state index in [1.54, 1.807) is 0 Å². The lowest BCUT2D eigenvalue weighted by atomic mass is 9.96. The van der Waals surface area contributed by atoms with Crippen LogP contribution in [-0.2, 0) is 16.1 Å². The summed E-state index contributed by atoms with van der Waals surface area (Å²) in [5.74, 6) is 0.0805. The highest BCUT2D eigenvalue weighted by atomic mass is 32.2. The van der Waals surface area contributed by atoms with Crippen molar-refractivity contribution in [3.63, 3.8) is 0 Å². The lowest BCUT2D eigenvalue weighted by Gasteiger charge is -2.49. The van der Waals surface area contributed by atoms with Crippen LogP contribution in [-0.4, -0.2) is 34.5 Å². The molecule has 0 aliphatic carbocycles. The Morgan fingerprint density at radius 2 is 1.87 bits per heavy atom. The van der Waals surface area contributed by atoms with Crippen LogP contribution < -0.4 is 0 Å². The lowest BCUT2D eigenvalue weighted by Crippen LogP contribution is -2.60. The topological polar surface area (TPSA) is 57.8 Å². The van der Waals surface area contributed by atoms with Crippen LogP contribution in [0.25, 0.3) is 0 Å². The predicted molar refractivity (Wildman–Crippen MR) is 92.7 cm³/mol. The summed E-state index contributed by atoms with van der Waals surface area (Å²) >= 11 is 1.27. The minimum absolute atomic E-state index is 0.0805. The van der Waals surface area contributed by atoms with E-state index >= 15 is 0 Å². The molecular weight excluding hydrogens is 310 g/mol.